The van der Waals surface area contributed by atoms with E-state index in [1.54, 1.807) is 0 Å². The van der Waals surface area contributed by atoms with Crippen LogP contribution >= 0.6 is 0 Å². The first-order chi connectivity index (χ1) is 14.6. The second kappa shape index (κ2) is 9.16. The van der Waals surface area contributed by atoms with Crippen molar-refractivity contribution in [2.24, 2.45) is 0 Å². The van der Waals surface area contributed by atoms with E-state index >= 15 is 0 Å². The average Bonchev–Trinajstić information content (AvgIpc) is 2.79. The van der Waals surface area contributed by atoms with Crippen LogP contribution in [0.15, 0.2) is 54.6 Å². The number of amides is 1. The van der Waals surface area contributed by atoms with E-state index in [4.69, 9.17) is 9.72 Å². The molecule has 5 nitrogen and oxygen atoms in total. The van der Waals surface area contributed by atoms with Crippen LogP contribution in [0, 0.1) is 6.92 Å². The van der Waals surface area contributed by atoms with Crippen molar-refractivity contribution in [3.63, 3.8) is 0 Å². The normalized spacial score (nSPS) is 14.2. The molecule has 30 heavy (non-hydrogen) atoms. The van der Waals surface area contributed by atoms with E-state index in [-0.39, 0.29) is 12.5 Å². The minimum absolute atomic E-state index is 0.0370. The van der Waals surface area contributed by atoms with Crippen LogP contribution in [0.4, 0.5) is 5.82 Å². The van der Waals surface area contributed by atoms with Crippen LogP contribution < -0.4 is 9.64 Å². The Morgan fingerprint density at radius 3 is 2.50 bits per heavy atom. The van der Waals surface area contributed by atoms with E-state index in [9.17, 15) is 4.79 Å². The molecular weight excluding hydrogens is 374 g/mol. The summed E-state index contributed by atoms with van der Waals surface area (Å²) in [6.45, 7) is 7.31. The Morgan fingerprint density at radius 1 is 1.03 bits per heavy atom. The average molecular weight is 404 g/mol. The number of hydrogen-bond acceptors (Lipinski definition) is 4. The zero-order valence-corrected chi connectivity index (χ0v) is 17.8. The van der Waals surface area contributed by atoms with Gasteiger partial charge in [0.1, 0.15) is 11.6 Å². The largest absolute Gasteiger partial charge is 0.484 e. The third-order valence-electron chi connectivity index (χ3n) is 5.69. The zero-order valence-electron chi connectivity index (χ0n) is 17.8. The molecule has 0 N–H and O–H groups in total. The van der Waals surface area contributed by atoms with Gasteiger partial charge in [-0.15, -0.1) is 0 Å². The van der Waals surface area contributed by atoms with Crippen LogP contribution in [0.3, 0.4) is 0 Å². The van der Waals surface area contributed by atoms with Gasteiger partial charge >= 0.3 is 0 Å². The van der Waals surface area contributed by atoms with Gasteiger partial charge in [-0.05, 0) is 48.7 Å². The summed E-state index contributed by atoms with van der Waals surface area (Å²) in [5.74, 6) is 1.77. The number of aryl methyl sites for hydroxylation is 2. The van der Waals surface area contributed by atoms with Gasteiger partial charge in [-0.25, -0.2) is 4.98 Å². The quantitative estimate of drug-likeness (QED) is 0.618. The molecule has 1 saturated heterocycles. The second-order valence-corrected chi connectivity index (χ2v) is 7.86. The number of para-hydroxylation sites is 1. The van der Waals surface area contributed by atoms with Crippen molar-refractivity contribution in [1.29, 1.82) is 0 Å². The molecule has 1 amide bonds. The highest BCUT2D eigenvalue weighted by Gasteiger charge is 2.22. The number of benzene rings is 2. The molecule has 4 rings (SSSR count). The van der Waals surface area contributed by atoms with Gasteiger partial charge < -0.3 is 14.5 Å². The number of fused-ring (bicyclic) bond motifs is 1. The van der Waals surface area contributed by atoms with Gasteiger partial charge in [0.25, 0.3) is 5.91 Å². The molecule has 2 heterocycles. The van der Waals surface area contributed by atoms with E-state index in [2.05, 4.69) is 49.1 Å². The van der Waals surface area contributed by atoms with Crippen molar-refractivity contribution < 1.29 is 9.53 Å². The number of hydrogen-bond donors (Lipinski definition) is 0. The van der Waals surface area contributed by atoms with Crippen molar-refractivity contribution in [2.75, 3.05) is 37.7 Å². The molecule has 0 saturated carbocycles. The summed E-state index contributed by atoms with van der Waals surface area (Å²) in [4.78, 5) is 21.5. The molecule has 0 spiro atoms. The lowest BCUT2D eigenvalue weighted by molar-refractivity contribution is -0.133. The number of piperazine rings is 1. The van der Waals surface area contributed by atoms with Gasteiger partial charge in [0, 0.05) is 31.6 Å². The summed E-state index contributed by atoms with van der Waals surface area (Å²) in [7, 11) is 0. The van der Waals surface area contributed by atoms with Gasteiger partial charge in [0.2, 0.25) is 0 Å². The molecule has 3 aromatic rings. The molecule has 1 aliphatic rings. The number of rotatable bonds is 6. The predicted molar refractivity (Wildman–Crippen MR) is 121 cm³/mol. The highest BCUT2D eigenvalue weighted by molar-refractivity contribution is 5.84. The minimum Gasteiger partial charge on any atom is -0.484 e. The van der Waals surface area contributed by atoms with E-state index in [0.29, 0.717) is 13.1 Å². The summed E-state index contributed by atoms with van der Waals surface area (Å²) in [5, 5.41) is 1.19. The van der Waals surface area contributed by atoms with Crippen LogP contribution in [0.1, 0.15) is 24.5 Å². The maximum atomic E-state index is 12.6. The van der Waals surface area contributed by atoms with Crippen LogP contribution in [0.2, 0.25) is 0 Å². The Kier molecular flexibility index (Phi) is 6.17. The number of ether oxygens (including phenoxy) is 1. The van der Waals surface area contributed by atoms with Crippen LogP contribution in [0.5, 0.6) is 5.75 Å². The summed E-state index contributed by atoms with van der Waals surface area (Å²) >= 11 is 0. The van der Waals surface area contributed by atoms with Crippen LogP contribution in [0.25, 0.3) is 10.9 Å². The fourth-order valence-corrected chi connectivity index (χ4v) is 3.96. The van der Waals surface area contributed by atoms with Gasteiger partial charge in [0.15, 0.2) is 6.61 Å². The summed E-state index contributed by atoms with van der Waals surface area (Å²) in [6, 6.07) is 18.4. The highest BCUT2D eigenvalue weighted by atomic mass is 16.5. The van der Waals surface area contributed by atoms with Gasteiger partial charge in [0.05, 0.1) is 5.52 Å². The Bertz CT molecular complexity index is 1010. The molecule has 5 heteroatoms. The Morgan fingerprint density at radius 2 is 1.77 bits per heavy atom. The van der Waals surface area contributed by atoms with Crippen molar-refractivity contribution in [2.45, 2.75) is 26.7 Å². The smallest absolute Gasteiger partial charge is 0.260 e. The van der Waals surface area contributed by atoms with Crippen molar-refractivity contribution in [3.05, 3.63) is 65.7 Å². The number of carbonyl (C=O) groups is 1. The fourth-order valence-electron chi connectivity index (χ4n) is 3.96. The first-order valence-electron chi connectivity index (χ1n) is 10.7. The van der Waals surface area contributed by atoms with Crippen molar-refractivity contribution in [1.82, 2.24) is 9.88 Å². The molecule has 0 atom stereocenters. The summed E-state index contributed by atoms with van der Waals surface area (Å²) < 4.78 is 5.71. The Hall–Kier alpha value is -3.08. The van der Waals surface area contributed by atoms with E-state index < -0.39 is 0 Å². The molecule has 1 fully saturated rings. The minimum atomic E-state index is 0.0370. The lowest BCUT2D eigenvalue weighted by atomic mass is 10.1. The lowest BCUT2D eigenvalue weighted by Crippen LogP contribution is -2.50. The van der Waals surface area contributed by atoms with Gasteiger partial charge in [-0.3, -0.25) is 4.79 Å². The third-order valence-corrected chi connectivity index (χ3v) is 5.69. The SMILES string of the molecule is CCCc1ccc(OCC(=O)N2CCN(c3cc(C)c4ccccc4n3)CC2)cc1. The monoisotopic (exact) mass is 403 g/mol. The first kappa shape index (κ1) is 20.2. The molecule has 0 aliphatic carbocycles. The predicted octanol–water partition coefficient (Wildman–Crippen LogP) is 4.22. The topological polar surface area (TPSA) is 45.7 Å². The molecule has 0 radical (unpaired) electrons. The second-order valence-electron chi connectivity index (χ2n) is 7.86. The molecule has 0 unspecified atom stereocenters. The Labute approximate surface area is 178 Å². The van der Waals surface area contributed by atoms with Gasteiger partial charge in [-0.2, -0.15) is 0 Å². The van der Waals surface area contributed by atoms with Gasteiger partial charge in [-0.1, -0.05) is 43.7 Å². The zero-order chi connectivity index (χ0) is 20.9. The molecular formula is C25H29N3O2. The standard InChI is InChI=1S/C25H29N3O2/c1-3-6-20-9-11-21(12-10-20)30-18-25(29)28-15-13-27(14-16-28)24-17-19(2)22-7-4-5-8-23(22)26-24/h4-5,7-12,17H,3,6,13-16,18H2,1-2H3. The maximum Gasteiger partial charge on any atom is 0.260 e. The van der Waals surface area contributed by atoms with E-state index in [0.717, 1.165) is 43.0 Å². The van der Waals surface area contributed by atoms with Crippen LogP contribution in [-0.4, -0.2) is 48.6 Å². The highest BCUT2D eigenvalue weighted by Crippen LogP contribution is 2.23. The number of anilines is 1. The molecule has 156 valence electrons. The molecule has 0 bridgehead atoms. The molecule has 1 aromatic heterocycles. The fraction of sp³-hybridized carbons (Fsp3) is 0.360. The molecule has 1 aliphatic heterocycles. The molecule has 2 aromatic carbocycles. The lowest BCUT2D eigenvalue weighted by Gasteiger charge is -2.35. The maximum absolute atomic E-state index is 12.6. The Balaban J connectivity index is 1.31. The van der Waals surface area contributed by atoms with Crippen molar-refractivity contribution >= 4 is 22.6 Å². The van der Waals surface area contributed by atoms with E-state index in [1.165, 1.54) is 16.5 Å². The summed E-state index contributed by atoms with van der Waals surface area (Å²) in [6.07, 6.45) is 2.19. The number of aromatic nitrogens is 1. The van der Waals surface area contributed by atoms with E-state index in [1.807, 2.05) is 29.2 Å². The number of carbonyl (C=O) groups excluding carboxylic acids is 1. The summed E-state index contributed by atoms with van der Waals surface area (Å²) in [5.41, 5.74) is 3.54. The third kappa shape index (κ3) is 4.56. The van der Waals surface area contributed by atoms with Crippen LogP contribution in [-0.2, 0) is 11.2 Å². The number of nitrogens with zero attached hydrogens (tertiary/aromatic N) is 3. The van der Waals surface area contributed by atoms with Crippen molar-refractivity contribution in [3.8, 4) is 5.75 Å². The number of pyridine rings is 1. The first-order valence-corrected chi connectivity index (χ1v) is 10.7.